The SMILES string of the molecule is CCc1ccccc1S(=O)(=O)NC1CC(N(CC(=O)O)CC2CC2)C1. The maximum absolute atomic E-state index is 12.6. The Morgan fingerprint density at radius 2 is 1.96 bits per heavy atom. The molecule has 7 heteroatoms. The van der Waals surface area contributed by atoms with E-state index >= 15 is 0 Å². The first-order chi connectivity index (χ1) is 11.9. The third kappa shape index (κ3) is 4.59. The van der Waals surface area contributed by atoms with Crippen LogP contribution in [0, 0.1) is 5.92 Å². The second kappa shape index (κ2) is 7.43. The number of carboxylic acid groups (broad SMARTS) is 1. The Morgan fingerprint density at radius 1 is 1.28 bits per heavy atom. The zero-order chi connectivity index (χ0) is 18.0. The van der Waals surface area contributed by atoms with Gasteiger partial charge in [0, 0.05) is 18.6 Å². The van der Waals surface area contributed by atoms with Crippen LogP contribution < -0.4 is 4.72 Å². The molecule has 0 amide bonds. The molecular formula is C18H26N2O4S. The van der Waals surface area contributed by atoms with Crippen molar-refractivity contribution in [2.24, 2.45) is 5.92 Å². The van der Waals surface area contributed by atoms with E-state index in [0.29, 0.717) is 30.1 Å². The highest BCUT2D eigenvalue weighted by Gasteiger charge is 2.39. The summed E-state index contributed by atoms with van der Waals surface area (Å²) in [6.07, 6.45) is 4.36. The number of hydrogen-bond acceptors (Lipinski definition) is 4. The van der Waals surface area contributed by atoms with E-state index in [0.717, 1.165) is 12.1 Å². The number of aryl methyl sites for hydroxylation is 1. The smallest absolute Gasteiger partial charge is 0.317 e. The molecule has 0 spiro atoms. The third-order valence-electron chi connectivity index (χ3n) is 5.12. The molecule has 6 nitrogen and oxygen atoms in total. The minimum Gasteiger partial charge on any atom is -0.480 e. The van der Waals surface area contributed by atoms with Gasteiger partial charge >= 0.3 is 5.97 Å². The first-order valence-electron chi connectivity index (χ1n) is 8.95. The summed E-state index contributed by atoms with van der Waals surface area (Å²) in [5, 5.41) is 9.09. The predicted octanol–water partition coefficient (Wildman–Crippen LogP) is 1.85. The topological polar surface area (TPSA) is 86.7 Å². The van der Waals surface area contributed by atoms with Gasteiger partial charge in [0.05, 0.1) is 11.4 Å². The number of carboxylic acids is 1. The van der Waals surface area contributed by atoms with Crippen LogP contribution in [0.2, 0.25) is 0 Å². The Labute approximate surface area is 149 Å². The molecule has 2 aliphatic rings. The van der Waals surface area contributed by atoms with Crippen molar-refractivity contribution >= 4 is 16.0 Å². The fourth-order valence-electron chi connectivity index (χ4n) is 3.47. The van der Waals surface area contributed by atoms with Crippen LogP contribution in [0.4, 0.5) is 0 Å². The van der Waals surface area contributed by atoms with Crippen LogP contribution in [-0.4, -0.2) is 49.6 Å². The monoisotopic (exact) mass is 366 g/mol. The maximum Gasteiger partial charge on any atom is 0.317 e. The normalized spacial score (nSPS) is 23.4. The Bertz CT molecular complexity index is 724. The predicted molar refractivity (Wildman–Crippen MR) is 94.9 cm³/mol. The largest absolute Gasteiger partial charge is 0.480 e. The van der Waals surface area contributed by atoms with Crippen LogP contribution in [0.5, 0.6) is 0 Å². The van der Waals surface area contributed by atoms with Crippen LogP contribution in [0.25, 0.3) is 0 Å². The van der Waals surface area contributed by atoms with Crippen LogP contribution in [0.1, 0.15) is 38.2 Å². The maximum atomic E-state index is 12.6. The van der Waals surface area contributed by atoms with E-state index in [4.69, 9.17) is 5.11 Å². The first-order valence-corrected chi connectivity index (χ1v) is 10.4. The van der Waals surface area contributed by atoms with Gasteiger partial charge in [-0.05, 0) is 49.7 Å². The molecule has 2 fully saturated rings. The van der Waals surface area contributed by atoms with Gasteiger partial charge in [0.1, 0.15) is 0 Å². The van der Waals surface area contributed by atoms with Gasteiger partial charge in [-0.2, -0.15) is 0 Å². The lowest BCUT2D eigenvalue weighted by atomic mass is 9.86. The lowest BCUT2D eigenvalue weighted by Crippen LogP contribution is -2.55. The quantitative estimate of drug-likeness (QED) is 0.697. The van der Waals surface area contributed by atoms with Crippen molar-refractivity contribution in [2.75, 3.05) is 13.1 Å². The summed E-state index contributed by atoms with van der Waals surface area (Å²) in [7, 11) is -3.53. The van der Waals surface area contributed by atoms with Gasteiger partial charge < -0.3 is 5.11 Å². The zero-order valence-electron chi connectivity index (χ0n) is 14.5. The van der Waals surface area contributed by atoms with Crippen molar-refractivity contribution < 1.29 is 18.3 Å². The second-order valence-electron chi connectivity index (χ2n) is 7.17. The summed E-state index contributed by atoms with van der Waals surface area (Å²) >= 11 is 0. The van der Waals surface area contributed by atoms with Gasteiger partial charge in [0.2, 0.25) is 10.0 Å². The minimum absolute atomic E-state index is 0.0410. The summed E-state index contributed by atoms with van der Waals surface area (Å²) in [5.74, 6) is -0.201. The summed E-state index contributed by atoms with van der Waals surface area (Å²) < 4.78 is 28.1. The minimum atomic E-state index is -3.53. The van der Waals surface area contributed by atoms with Gasteiger partial charge in [-0.1, -0.05) is 25.1 Å². The van der Waals surface area contributed by atoms with Crippen LogP contribution in [0.3, 0.4) is 0 Å². The second-order valence-corrected chi connectivity index (χ2v) is 8.85. The summed E-state index contributed by atoms with van der Waals surface area (Å²) in [4.78, 5) is 13.4. The molecule has 0 radical (unpaired) electrons. The Kier molecular flexibility index (Phi) is 5.46. The Morgan fingerprint density at radius 3 is 2.56 bits per heavy atom. The number of nitrogens with zero attached hydrogens (tertiary/aromatic N) is 1. The number of carbonyl (C=O) groups is 1. The van der Waals surface area contributed by atoms with Crippen LogP contribution in [0.15, 0.2) is 29.2 Å². The fourth-order valence-corrected chi connectivity index (χ4v) is 5.05. The number of rotatable bonds is 9. The molecule has 1 aromatic rings. The van der Waals surface area contributed by atoms with E-state index in [1.165, 1.54) is 12.8 Å². The highest BCUT2D eigenvalue weighted by Crippen LogP contribution is 2.34. The number of sulfonamides is 1. The highest BCUT2D eigenvalue weighted by molar-refractivity contribution is 7.89. The van der Waals surface area contributed by atoms with Crippen molar-refractivity contribution in [3.63, 3.8) is 0 Å². The molecule has 25 heavy (non-hydrogen) atoms. The number of aliphatic carboxylic acids is 1. The molecule has 0 bridgehead atoms. The number of benzene rings is 1. The molecule has 0 heterocycles. The van der Waals surface area contributed by atoms with Gasteiger partial charge in [-0.25, -0.2) is 13.1 Å². The number of hydrogen-bond donors (Lipinski definition) is 2. The van der Waals surface area contributed by atoms with Crippen molar-refractivity contribution in [3.8, 4) is 0 Å². The van der Waals surface area contributed by atoms with E-state index in [1.54, 1.807) is 12.1 Å². The molecule has 0 atom stereocenters. The molecule has 0 aromatic heterocycles. The lowest BCUT2D eigenvalue weighted by Gasteiger charge is -2.42. The molecule has 3 rings (SSSR count). The van der Waals surface area contributed by atoms with Crippen molar-refractivity contribution in [2.45, 2.75) is 56.0 Å². The van der Waals surface area contributed by atoms with Crippen LogP contribution in [-0.2, 0) is 21.2 Å². The van der Waals surface area contributed by atoms with Crippen LogP contribution >= 0.6 is 0 Å². The molecule has 1 aromatic carbocycles. The molecule has 2 saturated carbocycles. The van der Waals surface area contributed by atoms with Crippen molar-refractivity contribution in [1.82, 2.24) is 9.62 Å². The van der Waals surface area contributed by atoms with Crippen molar-refractivity contribution in [3.05, 3.63) is 29.8 Å². The van der Waals surface area contributed by atoms with E-state index in [9.17, 15) is 13.2 Å². The first kappa shape index (κ1) is 18.4. The average Bonchev–Trinajstić information content (AvgIpc) is 3.33. The van der Waals surface area contributed by atoms with E-state index in [2.05, 4.69) is 4.72 Å². The molecule has 0 aliphatic heterocycles. The lowest BCUT2D eigenvalue weighted by molar-refractivity contribution is -0.139. The van der Waals surface area contributed by atoms with Crippen molar-refractivity contribution in [1.29, 1.82) is 0 Å². The molecule has 2 N–H and O–H groups in total. The van der Waals surface area contributed by atoms with Gasteiger partial charge in [-0.3, -0.25) is 9.69 Å². The zero-order valence-corrected chi connectivity index (χ0v) is 15.3. The summed E-state index contributed by atoms with van der Waals surface area (Å²) in [6.45, 7) is 2.80. The van der Waals surface area contributed by atoms with E-state index in [1.807, 2.05) is 24.0 Å². The molecule has 0 saturated heterocycles. The average molecular weight is 366 g/mol. The highest BCUT2D eigenvalue weighted by atomic mass is 32.2. The standard InChI is InChI=1S/C18H26N2O4S/c1-2-14-5-3-4-6-17(14)25(23,24)19-15-9-16(10-15)20(12-18(21)22)11-13-7-8-13/h3-6,13,15-16,19H,2,7-12H2,1H3,(H,21,22). The van der Waals surface area contributed by atoms with E-state index < -0.39 is 16.0 Å². The summed E-state index contributed by atoms with van der Waals surface area (Å²) in [5.41, 5.74) is 0.812. The third-order valence-corrected chi connectivity index (χ3v) is 6.74. The Hall–Kier alpha value is -1.44. The molecular weight excluding hydrogens is 340 g/mol. The summed E-state index contributed by atoms with van der Waals surface area (Å²) in [6, 6.07) is 7.10. The van der Waals surface area contributed by atoms with Gasteiger partial charge in [-0.15, -0.1) is 0 Å². The molecule has 2 aliphatic carbocycles. The molecule has 0 unspecified atom stereocenters. The Balaban J connectivity index is 1.59. The van der Waals surface area contributed by atoms with E-state index in [-0.39, 0.29) is 18.6 Å². The molecule has 138 valence electrons. The van der Waals surface area contributed by atoms with Gasteiger partial charge in [0.25, 0.3) is 0 Å². The fraction of sp³-hybridized carbons (Fsp3) is 0.611. The number of nitrogens with one attached hydrogen (secondary N) is 1. The van der Waals surface area contributed by atoms with Gasteiger partial charge in [0.15, 0.2) is 0 Å².